The molecule has 0 radical (unpaired) electrons. The van der Waals surface area contributed by atoms with E-state index in [0.29, 0.717) is 24.7 Å². The van der Waals surface area contributed by atoms with E-state index in [1.54, 1.807) is 14.0 Å². The highest BCUT2D eigenvalue weighted by Crippen LogP contribution is 2.31. The number of methoxy groups -OCH3 is 1. The maximum atomic E-state index is 12.8. The number of carbonyl (C=O) groups is 2. The van der Waals surface area contributed by atoms with Gasteiger partial charge in [-0.2, -0.15) is 0 Å². The molecule has 2 atom stereocenters. The lowest BCUT2D eigenvalue weighted by molar-refractivity contribution is -0.856. The van der Waals surface area contributed by atoms with E-state index in [1.807, 2.05) is 30.5 Å². The van der Waals surface area contributed by atoms with E-state index >= 15 is 0 Å². The number of quaternary nitrogens is 1. The molecule has 146 valence electrons. The Morgan fingerprint density at radius 3 is 2.63 bits per heavy atom. The molecule has 0 aromatic heterocycles. The van der Waals surface area contributed by atoms with Crippen LogP contribution in [0.1, 0.15) is 18.5 Å². The second kappa shape index (κ2) is 8.88. The van der Waals surface area contributed by atoms with Crippen molar-refractivity contribution in [2.24, 2.45) is 5.92 Å². The van der Waals surface area contributed by atoms with E-state index < -0.39 is 12.0 Å². The number of benzene rings is 1. The predicted molar refractivity (Wildman–Crippen MR) is 97.1 cm³/mol. The van der Waals surface area contributed by atoms with E-state index in [2.05, 4.69) is 10.6 Å². The van der Waals surface area contributed by atoms with Gasteiger partial charge in [-0.15, -0.1) is 0 Å². The molecule has 3 rings (SSSR count). The quantitative estimate of drug-likeness (QED) is 0.629. The summed E-state index contributed by atoms with van der Waals surface area (Å²) in [4.78, 5) is 26.2. The van der Waals surface area contributed by atoms with Crippen molar-refractivity contribution in [1.29, 1.82) is 0 Å². The standard InChI is InChI=1S/C19H25N3O5/c1-3-27-18(23)16-15(12-22-8-10-26-11-9-22)20-19(24)21-17(16)13-4-6-14(25-2)7-5-13/h4-7,12,16-17H,3,8-11H2,1-2H3,(H2,20,21,24)/p+1/b15-12+/t16-,17+/m0/s1. The number of hydrogen-bond donors (Lipinski definition) is 3. The van der Waals surface area contributed by atoms with E-state index in [1.165, 1.54) is 0 Å². The zero-order chi connectivity index (χ0) is 19.2. The number of esters is 1. The minimum Gasteiger partial charge on any atom is -0.497 e. The third-order valence-electron chi connectivity index (χ3n) is 4.72. The van der Waals surface area contributed by atoms with Crippen LogP contribution in [-0.2, 0) is 14.3 Å². The van der Waals surface area contributed by atoms with Crippen LogP contribution in [0.4, 0.5) is 4.79 Å². The van der Waals surface area contributed by atoms with Crippen LogP contribution in [0.5, 0.6) is 5.75 Å². The molecule has 0 aliphatic carbocycles. The molecule has 1 aromatic rings. The maximum Gasteiger partial charge on any atom is 0.319 e. The Hall–Kier alpha value is -2.58. The van der Waals surface area contributed by atoms with Crippen LogP contribution in [0.25, 0.3) is 0 Å². The van der Waals surface area contributed by atoms with Gasteiger partial charge in [-0.05, 0) is 24.6 Å². The van der Waals surface area contributed by atoms with Gasteiger partial charge in [0.05, 0.1) is 38.7 Å². The van der Waals surface area contributed by atoms with Gasteiger partial charge in [0.25, 0.3) is 0 Å². The fraction of sp³-hybridized carbons (Fsp3) is 0.474. The highest BCUT2D eigenvalue weighted by atomic mass is 16.5. The summed E-state index contributed by atoms with van der Waals surface area (Å²) in [5, 5.41) is 5.66. The summed E-state index contributed by atoms with van der Waals surface area (Å²) in [6.07, 6.45) is 1.92. The summed E-state index contributed by atoms with van der Waals surface area (Å²) in [7, 11) is 1.59. The molecule has 2 heterocycles. The molecule has 1 aromatic carbocycles. The van der Waals surface area contributed by atoms with Crippen molar-refractivity contribution in [3.05, 3.63) is 41.7 Å². The summed E-state index contributed by atoms with van der Waals surface area (Å²) in [6.45, 7) is 4.92. The van der Waals surface area contributed by atoms with Crippen LogP contribution in [0.3, 0.4) is 0 Å². The Balaban J connectivity index is 1.94. The molecule has 2 saturated heterocycles. The summed E-state index contributed by atoms with van der Waals surface area (Å²) in [5.41, 5.74) is 1.38. The van der Waals surface area contributed by atoms with E-state index in [-0.39, 0.29) is 18.6 Å². The number of amides is 2. The zero-order valence-corrected chi connectivity index (χ0v) is 15.6. The van der Waals surface area contributed by atoms with Crippen molar-refractivity contribution in [3.63, 3.8) is 0 Å². The van der Waals surface area contributed by atoms with E-state index in [4.69, 9.17) is 14.2 Å². The molecule has 0 bridgehead atoms. The Morgan fingerprint density at radius 1 is 1.30 bits per heavy atom. The Bertz CT molecular complexity index is 698. The van der Waals surface area contributed by atoms with Gasteiger partial charge in [0.2, 0.25) is 0 Å². The van der Waals surface area contributed by atoms with E-state index in [9.17, 15) is 9.59 Å². The van der Waals surface area contributed by atoms with Gasteiger partial charge < -0.3 is 29.7 Å². The summed E-state index contributed by atoms with van der Waals surface area (Å²) < 4.78 is 15.9. The molecule has 0 unspecified atom stereocenters. The predicted octanol–water partition coefficient (Wildman–Crippen LogP) is -0.0151. The van der Waals surface area contributed by atoms with Crippen molar-refractivity contribution in [2.75, 3.05) is 40.0 Å². The molecule has 0 spiro atoms. The first-order chi connectivity index (χ1) is 13.1. The Morgan fingerprint density at radius 2 is 2.00 bits per heavy atom. The van der Waals surface area contributed by atoms with Gasteiger partial charge in [-0.3, -0.25) is 4.79 Å². The zero-order valence-electron chi connectivity index (χ0n) is 15.6. The highest BCUT2D eigenvalue weighted by Gasteiger charge is 2.41. The molecule has 8 heteroatoms. The normalized spacial score (nSPS) is 24.8. The minimum atomic E-state index is -0.647. The van der Waals surface area contributed by atoms with Gasteiger partial charge in [0.1, 0.15) is 31.0 Å². The minimum absolute atomic E-state index is 0.274. The van der Waals surface area contributed by atoms with Crippen LogP contribution in [-0.4, -0.2) is 52.0 Å². The van der Waals surface area contributed by atoms with Crippen LogP contribution in [0.2, 0.25) is 0 Å². The average Bonchev–Trinajstić information content (AvgIpc) is 2.68. The summed E-state index contributed by atoms with van der Waals surface area (Å²) in [5.74, 6) is -0.309. The SMILES string of the molecule is CCOC(=O)[C@H]1/C(=C\[NH+]2CCOCC2)NC(=O)N[C@@H]1c1ccc(OC)cc1. The fourth-order valence-corrected chi connectivity index (χ4v) is 3.35. The molecule has 2 fully saturated rings. The molecule has 3 N–H and O–H groups in total. The third kappa shape index (κ3) is 4.58. The van der Waals surface area contributed by atoms with Crippen molar-refractivity contribution < 1.29 is 28.7 Å². The molecule has 2 amide bonds. The maximum absolute atomic E-state index is 12.8. The van der Waals surface area contributed by atoms with Crippen LogP contribution in [0.15, 0.2) is 36.2 Å². The smallest absolute Gasteiger partial charge is 0.319 e. The molecule has 27 heavy (non-hydrogen) atoms. The Labute approximate surface area is 158 Å². The monoisotopic (exact) mass is 376 g/mol. The van der Waals surface area contributed by atoms with Crippen LogP contribution >= 0.6 is 0 Å². The second-order valence-corrected chi connectivity index (χ2v) is 6.45. The largest absolute Gasteiger partial charge is 0.497 e. The van der Waals surface area contributed by atoms with Crippen LogP contribution < -0.4 is 20.3 Å². The number of morpholine rings is 1. The lowest BCUT2D eigenvalue weighted by atomic mass is 9.88. The first-order valence-corrected chi connectivity index (χ1v) is 9.14. The molecular formula is C19H26N3O5+. The first kappa shape index (κ1) is 19.2. The van der Waals surface area contributed by atoms with Crippen molar-refractivity contribution in [2.45, 2.75) is 13.0 Å². The number of carbonyl (C=O) groups excluding carboxylic acids is 2. The number of rotatable bonds is 5. The second-order valence-electron chi connectivity index (χ2n) is 6.45. The highest BCUT2D eigenvalue weighted by molar-refractivity contribution is 5.85. The Kier molecular flexibility index (Phi) is 6.31. The van der Waals surface area contributed by atoms with Gasteiger partial charge in [-0.1, -0.05) is 12.1 Å². The lowest BCUT2D eigenvalue weighted by Crippen LogP contribution is -3.10. The van der Waals surface area contributed by atoms with Gasteiger partial charge in [-0.25, -0.2) is 4.79 Å². The molecule has 2 aliphatic rings. The average molecular weight is 376 g/mol. The van der Waals surface area contributed by atoms with Gasteiger partial charge >= 0.3 is 12.0 Å². The molecule has 8 nitrogen and oxygen atoms in total. The number of nitrogens with one attached hydrogen (secondary N) is 3. The van der Waals surface area contributed by atoms with Crippen molar-refractivity contribution >= 4 is 12.0 Å². The van der Waals surface area contributed by atoms with Crippen molar-refractivity contribution in [1.82, 2.24) is 10.6 Å². The molecule has 2 aliphatic heterocycles. The molecule has 0 saturated carbocycles. The number of urea groups is 1. The summed E-state index contributed by atoms with van der Waals surface area (Å²) >= 11 is 0. The fourth-order valence-electron chi connectivity index (χ4n) is 3.35. The number of hydrogen-bond acceptors (Lipinski definition) is 5. The van der Waals surface area contributed by atoms with Gasteiger partial charge in [0.15, 0.2) is 0 Å². The topological polar surface area (TPSA) is 90.3 Å². The van der Waals surface area contributed by atoms with E-state index in [0.717, 1.165) is 23.6 Å². The van der Waals surface area contributed by atoms with Gasteiger partial charge in [0, 0.05) is 0 Å². The lowest BCUT2D eigenvalue weighted by Gasteiger charge is -2.34. The number of ether oxygens (including phenoxy) is 3. The first-order valence-electron chi connectivity index (χ1n) is 9.14. The van der Waals surface area contributed by atoms with Crippen molar-refractivity contribution in [3.8, 4) is 5.75 Å². The van der Waals surface area contributed by atoms with Crippen LogP contribution in [0, 0.1) is 5.92 Å². The summed E-state index contributed by atoms with van der Waals surface area (Å²) in [6, 6.07) is 6.46. The third-order valence-corrected chi connectivity index (χ3v) is 4.72. The molecular weight excluding hydrogens is 350 g/mol.